The van der Waals surface area contributed by atoms with Crippen LogP contribution in [0, 0.1) is 79.3 Å². The minimum absolute atomic E-state index is 0.104. The molecule has 3 aliphatic heterocycles. The van der Waals surface area contributed by atoms with Gasteiger partial charge in [-0.3, -0.25) is 14.4 Å². The van der Waals surface area contributed by atoms with Gasteiger partial charge in [-0.05, 0) is 179 Å². The third-order valence-electron chi connectivity index (χ3n) is 22.4. The summed E-state index contributed by atoms with van der Waals surface area (Å²) in [5.74, 6) is 1.36. The highest BCUT2D eigenvalue weighted by molar-refractivity contribution is 5.85. The number of rotatable bonds is 9. The molecule has 1 amide bonds. The van der Waals surface area contributed by atoms with E-state index < -0.39 is 17.3 Å². The van der Waals surface area contributed by atoms with Crippen LogP contribution < -0.4 is 0 Å². The van der Waals surface area contributed by atoms with E-state index in [4.69, 9.17) is 14.2 Å². The molecule has 7 aliphatic carbocycles. The molecular formula is C52H82N2O7. The number of aliphatic carboxylic acids is 1. The number of esters is 1. The van der Waals surface area contributed by atoms with E-state index in [-0.39, 0.29) is 63.3 Å². The highest BCUT2D eigenvalue weighted by Crippen LogP contribution is 2.79. The smallest absolute Gasteiger partial charge is 0.309 e. The Morgan fingerprint density at radius 2 is 1.46 bits per heavy atom. The van der Waals surface area contributed by atoms with Crippen molar-refractivity contribution in [2.24, 2.45) is 79.3 Å². The number of carbonyl (C=O) groups excluding carboxylic acids is 2. The van der Waals surface area contributed by atoms with Crippen molar-refractivity contribution >= 4 is 17.8 Å². The van der Waals surface area contributed by atoms with Crippen LogP contribution in [0.15, 0.2) is 0 Å². The van der Waals surface area contributed by atoms with Gasteiger partial charge in [0.2, 0.25) is 5.91 Å². The maximum Gasteiger partial charge on any atom is 0.309 e. The lowest BCUT2D eigenvalue weighted by atomic mass is 9.32. The Morgan fingerprint density at radius 1 is 0.705 bits per heavy atom. The Balaban J connectivity index is 0.909. The Hall–Kier alpha value is -1.71. The lowest BCUT2D eigenvalue weighted by molar-refractivity contribution is -0.253. The Labute approximate surface area is 367 Å². The van der Waals surface area contributed by atoms with E-state index in [0.29, 0.717) is 53.9 Å². The molecule has 0 radical (unpaired) electrons. The second-order valence-corrected chi connectivity index (χ2v) is 25.5. The van der Waals surface area contributed by atoms with Crippen LogP contribution >= 0.6 is 0 Å². The van der Waals surface area contributed by atoms with Gasteiger partial charge < -0.3 is 29.1 Å². The van der Waals surface area contributed by atoms with E-state index in [0.717, 1.165) is 84.2 Å². The molecule has 0 spiro atoms. The number of amides is 1. The van der Waals surface area contributed by atoms with Crippen LogP contribution in [-0.4, -0.2) is 96.5 Å². The minimum atomic E-state index is -0.806. The van der Waals surface area contributed by atoms with E-state index in [9.17, 15) is 14.7 Å². The average molecular weight is 847 g/mol. The fourth-order valence-corrected chi connectivity index (χ4v) is 18.3. The second kappa shape index (κ2) is 14.6. The summed E-state index contributed by atoms with van der Waals surface area (Å²) in [7, 11) is 0. The first-order valence-electron chi connectivity index (χ1n) is 25.5. The predicted octanol–water partition coefficient (Wildman–Crippen LogP) is 9.40. The number of hydrogen-bond acceptors (Lipinski definition) is 7. The molecule has 9 nitrogen and oxygen atoms in total. The first kappa shape index (κ1) is 43.2. The van der Waals surface area contributed by atoms with Crippen LogP contribution in [-0.2, 0) is 28.6 Å². The van der Waals surface area contributed by atoms with Crippen LogP contribution in [0.3, 0.4) is 0 Å². The summed E-state index contributed by atoms with van der Waals surface area (Å²) in [5, 5.41) is 9.74. The van der Waals surface area contributed by atoms with Gasteiger partial charge in [0.15, 0.2) is 0 Å². The lowest BCUT2D eigenvalue weighted by Crippen LogP contribution is -2.68. The van der Waals surface area contributed by atoms with E-state index in [1.54, 1.807) is 0 Å². The zero-order chi connectivity index (χ0) is 43.1. The van der Waals surface area contributed by atoms with Gasteiger partial charge in [-0.25, -0.2) is 0 Å². The molecule has 0 aromatic rings. The fraction of sp³-hybridized carbons (Fsp3) is 0.942. The number of hydrogen-bond donors (Lipinski definition) is 1. The summed E-state index contributed by atoms with van der Waals surface area (Å²) in [6, 6.07) is 0.236. The van der Waals surface area contributed by atoms with Gasteiger partial charge in [0, 0.05) is 31.2 Å². The first-order valence-corrected chi connectivity index (χ1v) is 25.5. The van der Waals surface area contributed by atoms with E-state index in [1.807, 2.05) is 13.8 Å². The summed E-state index contributed by atoms with van der Waals surface area (Å²) in [5.41, 5.74) is -0.127. The monoisotopic (exact) mass is 847 g/mol. The first-order chi connectivity index (χ1) is 28.8. The molecule has 0 bridgehead atoms. The summed E-state index contributed by atoms with van der Waals surface area (Å²) in [6.07, 6.45) is 18.9. The second-order valence-electron chi connectivity index (χ2n) is 25.5. The number of likely N-dealkylation sites (tertiary alicyclic amines) is 2. The van der Waals surface area contributed by atoms with E-state index in [1.165, 1.54) is 51.4 Å². The molecule has 10 aliphatic rings. The third kappa shape index (κ3) is 6.37. The van der Waals surface area contributed by atoms with Gasteiger partial charge in [-0.15, -0.1) is 0 Å². The van der Waals surface area contributed by atoms with Gasteiger partial charge in [0.25, 0.3) is 0 Å². The number of carbonyl (C=O) groups is 3. The van der Waals surface area contributed by atoms with Gasteiger partial charge in [0.1, 0.15) is 6.10 Å². The quantitative estimate of drug-likeness (QED) is 0.229. The van der Waals surface area contributed by atoms with Crippen molar-refractivity contribution in [2.45, 2.75) is 189 Å². The van der Waals surface area contributed by atoms with Crippen molar-refractivity contribution in [3.05, 3.63) is 0 Å². The Kier molecular flexibility index (Phi) is 10.4. The molecule has 1 N–H and O–H groups in total. The van der Waals surface area contributed by atoms with Crippen molar-refractivity contribution in [3.8, 4) is 0 Å². The van der Waals surface area contributed by atoms with Crippen LogP contribution in [0.2, 0.25) is 0 Å². The molecule has 10 fully saturated rings. The summed E-state index contributed by atoms with van der Waals surface area (Å²) in [6.45, 7) is 24.8. The molecule has 3 saturated heterocycles. The Morgan fingerprint density at radius 3 is 2.13 bits per heavy atom. The molecule has 7 saturated carbocycles. The lowest BCUT2D eigenvalue weighted by Gasteiger charge is -2.73. The van der Waals surface area contributed by atoms with Crippen molar-refractivity contribution in [3.63, 3.8) is 0 Å². The van der Waals surface area contributed by atoms with Crippen LogP contribution in [0.4, 0.5) is 0 Å². The third-order valence-corrected chi connectivity index (χ3v) is 22.4. The molecule has 61 heavy (non-hydrogen) atoms. The van der Waals surface area contributed by atoms with Crippen molar-refractivity contribution in [1.29, 1.82) is 0 Å². The van der Waals surface area contributed by atoms with E-state index >= 15 is 4.79 Å². The Bertz CT molecular complexity index is 1750. The van der Waals surface area contributed by atoms with E-state index in [2.05, 4.69) is 51.3 Å². The molecule has 9 heteroatoms. The molecular weight excluding hydrogens is 765 g/mol. The fourth-order valence-electron chi connectivity index (χ4n) is 18.3. The summed E-state index contributed by atoms with van der Waals surface area (Å²) >= 11 is 0. The molecule has 0 unspecified atom stereocenters. The summed E-state index contributed by atoms with van der Waals surface area (Å²) in [4.78, 5) is 46.6. The predicted molar refractivity (Wildman–Crippen MR) is 234 cm³/mol. The van der Waals surface area contributed by atoms with Crippen molar-refractivity contribution in [1.82, 2.24) is 9.80 Å². The van der Waals surface area contributed by atoms with Gasteiger partial charge >= 0.3 is 11.9 Å². The van der Waals surface area contributed by atoms with Crippen molar-refractivity contribution < 1.29 is 33.7 Å². The van der Waals surface area contributed by atoms with Crippen LogP contribution in [0.25, 0.3) is 0 Å². The van der Waals surface area contributed by atoms with Gasteiger partial charge in [-0.1, -0.05) is 55.4 Å². The average Bonchev–Trinajstić information content (AvgIpc) is 3.75. The number of carboxylic acid groups (broad SMARTS) is 1. The normalized spacial score (nSPS) is 49.2. The SMILES string of the molecule is CC1([C@@H]2CC[C@]3(C(=O)N4C[C@H](O[C@@H]5CCOC5)C[C@H]4CN4CCCC4)CC[C@]4(C)[C@H](CC[C@@H]5[C@@]6(C)CC[C@H](OC(=O)[C@H]7C[C@@H](C(=O)O)C7(C)C)C(C)(C)[C@@H]6CC[C@]54C)[C@@H]23)CC1. The van der Waals surface area contributed by atoms with Crippen molar-refractivity contribution in [2.75, 3.05) is 39.4 Å². The van der Waals surface area contributed by atoms with Gasteiger partial charge in [-0.2, -0.15) is 0 Å². The molecule has 342 valence electrons. The summed E-state index contributed by atoms with van der Waals surface area (Å²) < 4.78 is 19.0. The molecule has 3 heterocycles. The number of carboxylic acids is 1. The largest absolute Gasteiger partial charge is 0.481 e. The topological polar surface area (TPSA) is 106 Å². The van der Waals surface area contributed by atoms with Crippen LogP contribution in [0.5, 0.6) is 0 Å². The number of ether oxygens (including phenoxy) is 3. The zero-order valence-corrected chi connectivity index (χ0v) is 39.4. The zero-order valence-electron chi connectivity index (χ0n) is 39.4. The number of fused-ring (bicyclic) bond motifs is 7. The minimum Gasteiger partial charge on any atom is -0.481 e. The molecule has 0 aromatic heterocycles. The highest BCUT2D eigenvalue weighted by atomic mass is 16.6. The maximum atomic E-state index is 15.9. The van der Waals surface area contributed by atoms with Gasteiger partial charge in [0.05, 0.1) is 36.1 Å². The molecule has 0 aromatic carbocycles. The number of nitrogens with zero attached hydrogens (tertiary/aromatic N) is 2. The molecule has 15 atom stereocenters. The maximum absolute atomic E-state index is 15.9. The standard InChI is InChI=1S/C52H82N2O7/c1-46(2)37(43(55)56)28-38(46)44(57)61-41-15-17-49(6)39(47(41,3)4)14-18-51(8)40(49)12-11-36-42-35(48(5)20-21-48)13-19-52(42,23-22-50(36,51)7)45(58)54-30-34(60-33-16-26-59-31-33)27-32(54)29-53-24-9-10-25-53/h32-42H,9-31H2,1-8H3,(H,55,56)/t32-,33+,34+,35+,36+,37-,38+,39-,40+,41-,42+,49-,50+,51+,52-/m0/s1. The highest BCUT2D eigenvalue weighted by Gasteiger charge is 2.74. The molecule has 10 rings (SSSR count). The van der Waals surface area contributed by atoms with Crippen LogP contribution in [0.1, 0.15) is 165 Å².